The van der Waals surface area contributed by atoms with Crippen LogP contribution in [0.2, 0.25) is 0 Å². The number of pyridine rings is 1. The molecule has 0 amide bonds. The van der Waals surface area contributed by atoms with Crippen molar-refractivity contribution in [3.63, 3.8) is 0 Å². The molecule has 0 aliphatic rings. The van der Waals surface area contributed by atoms with E-state index in [0.29, 0.717) is 12.5 Å². The van der Waals surface area contributed by atoms with Crippen LogP contribution in [-0.2, 0) is 0 Å². The molecule has 2 aromatic heterocycles. The topological polar surface area (TPSA) is 76.7 Å². The highest BCUT2D eigenvalue weighted by molar-refractivity contribution is 5.56. The van der Waals surface area contributed by atoms with Gasteiger partial charge in [-0.2, -0.15) is 0 Å². The molecule has 0 atom stereocenters. The Morgan fingerprint density at radius 1 is 1.17 bits per heavy atom. The van der Waals surface area contributed by atoms with Gasteiger partial charge >= 0.3 is 0 Å². The van der Waals surface area contributed by atoms with E-state index in [1.54, 1.807) is 18.6 Å². The number of nitrogens with two attached hydrogens (primary N) is 1. The monoisotopic (exact) mass is 243 g/mol. The van der Waals surface area contributed by atoms with Crippen LogP contribution in [0, 0.1) is 0 Å². The average Bonchev–Trinajstić information content (AvgIpc) is 2.37. The van der Waals surface area contributed by atoms with Gasteiger partial charge in [0.25, 0.3) is 0 Å². The van der Waals surface area contributed by atoms with Gasteiger partial charge in [-0.15, -0.1) is 0 Å². The Labute approximate surface area is 106 Å². The highest BCUT2D eigenvalue weighted by Gasteiger charge is 2.10. The van der Waals surface area contributed by atoms with Crippen LogP contribution in [0.15, 0.2) is 36.8 Å². The van der Waals surface area contributed by atoms with Gasteiger partial charge in [-0.25, -0.2) is 9.97 Å². The highest BCUT2D eigenvalue weighted by Crippen LogP contribution is 2.14. The Balaban J connectivity index is 2.07. The van der Waals surface area contributed by atoms with E-state index in [1.807, 2.05) is 32.0 Å². The summed E-state index contributed by atoms with van der Waals surface area (Å²) in [6.45, 7) is 4.51. The maximum absolute atomic E-state index is 5.88. The molecule has 18 heavy (non-hydrogen) atoms. The molecule has 2 aromatic rings. The minimum Gasteiger partial charge on any atom is -0.352 e. The first kappa shape index (κ1) is 12.4. The smallest absolute Gasteiger partial charge is 0.222 e. The predicted molar refractivity (Wildman–Crippen MR) is 72.0 cm³/mol. The molecule has 5 nitrogen and oxygen atoms in total. The summed E-state index contributed by atoms with van der Waals surface area (Å²) in [6, 6.07) is 5.74. The van der Waals surface area contributed by atoms with Crippen LogP contribution in [0.5, 0.6) is 0 Å². The fourth-order valence-electron chi connectivity index (χ4n) is 1.39. The number of nitrogens with one attached hydrogen (secondary N) is 1. The van der Waals surface area contributed by atoms with Gasteiger partial charge in [0.2, 0.25) is 5.95 Å². The van der Waals surface area contributed by atoms with Crippen LogP contribution in [0.4, 0.5) is 5.95 Å². The molecular weight excluding hydrogens is 226 g/mol. The Kier molecular flexibility index (Phi) is 3.53. The lowest BCUT2D eigenvalue weighted by Gasteiger charge is -2.18. The van der Waals surface area contributed by atoms with E-state index in [1.165, 1.54) is 0 Å². The number of anilines is 1. The zero-order valence-electron chi connectivity index (χ0n) is 10.6. The highest BCUT2D eigenvalue weighted by atomic mass is 15.1. The molecule has 0 unspecified atom stereocenters. The fourth-order valence-corrected chi connectivity index (χ4v) is 1.39. The zero-order chi connectivity index (χ0) is 13.0. The SMILES string of the molecule is CC(C)(N)CNc1ncc(-c2ccccn2)cn1. The van der Waals surface area contributed by atoms with E-state index >= 15 is 0 Å². The summed E-state index contributed by atoms with van der Waals surface area (Å²) in [5, 5.41) is 3.10. The summed E-state index contributed by atoms with van der Waals surface area (Å²) >= 11 is 0. The number of aromatic nitrogens is 3. The lowest BCUT2D eigenvalue weighted by atomic mass is 10.1. The third-order valence-electron chi connectivity index (χ3n) is 2.31. The third kappa shape index (κ3) is 3.49. The summed E-state index contributed by atoms with van der Waals surface area (Å²) < 4.78 is 0. The lowest BCUT2D eigenvalue weighted by molar-refractivity contribution is 0.547. The van der Waals surface area contributed by atoms with Gasteiger partial charge in [0.05, 0.1) is 5.69 Å². The number of rotatable bonds is 4. The van der Waals surface area contributed by atoms with E-state index < -0.39 is 0 Å². The van der Waals surface area contributed by atoms with Crippen molar-refractivity contribution in [2.45, 2.75) is 19.4 Å². The van der Waals surface area contributed by atoms with Crippen molar-refractivity contribution in [1.29, 1.82) is 0 Å². The van der Waals surface area contributed by atoms with Crippen LogP contribution < -0.4 is 11.1 Å². The van der Waals surface area contributed by atoms with E-state index in [-0.39, 0.29) is 5.54 Å². The summed E-state index contributed by atoms with van der Waals surface area (Å²) in [4.78, 5) is 12.7. The van der Waals surface area contributed by atoms with Gasteiger partial charge < -0.3 is 11.1 Å². The molecule has 0 saturated carbocycles. The molecule has 0 fully saturated rings. The maximum Gasteiger partial charge on any atom is 0.222 e. The second kappa shape index (κ2) is 5.10. The summed E-state index contributed by atoms with van der Waals surface area (Å²) in [6.07, 6.45) is 5.25. The van der Waals surface area contributed by atoms with E-state index in [9.17, 15) is 0 Å². The zero-order valence-corrected chi connectivity index (χ0v) is 10.6. The first-order chi connectivity index (χ1) is 8.54. The second-order valence-electron chi connectivity index (χ2n) is 4.85. The molecule has 3 N–H and O–H groups in total. The molecule has 0 radical (unpaired) electrons. The number of hydrogen-bond donors (Lipinski definition) is 2. The van der Waals surface area contributed by atoms with Crippen molar-refractivity contribution in [3.8, 4) is 11.3 Å². The molecule has 0 saturated heterocycles. The first-order valence-electron chi connectivity index (χ1n) is 5.81. The van der Waals surface area contributed by atoms with Crippen molar-refractivity contribution < 1.29 is 0 Å². The van der Waals surface area contributed by atoms with Crippen molar-refractivity contribution in [2.24, 2.45) is 5.73 Å². The summed E-state index contributed by atoms with van der Waals surface area (Å²) in [5.41, 5.74) is 7.35. The van der Waals surface area contributed by atoms with Gasteiger partial charge in [-0.3, -0.25) is 4.98 Å². The molecule has 5 heteroatoms. The van der Waals surface area contributed by atoms with Crippen molar-refractivity contribution >= 4 is 5.95 Å². The molecule has 2 rings (SSSR count). The normalized spacial score (nSPS) is 11.3. The average molecular weight is 243 g/mol. The Bertz CT molecular complexity index is 487. The molecule has 0 aliphatic heterocycles. The number of hydrogen-bond acceptors (Lipinski definition) is 5. The second-order valence-corrected chi connectivity index (χ2v) is 4.85. The van der Waals surface area contributed by atoms with E-state index in [2.05, 4.69) is 20.3 Å². The first-order valence-corrected chi connectivity index (χ1v) is 5.81. The summed E-state index contributed by atoms with van der Waals surface area (Å²) in [5.74, 6) is 0.577. The number of nitrogens with zero attached hydrogens (tertiary/aromatic N) is 3. The quantitative estimate of drug-likeness (QED) is 0.854. The van der Waals surface area contributed by atoms with E-state index in [0.717, 1.165) is 11.3 Å². The maximum atomic E-state index is 5.88. The minimum atomic E-state index is -0.289. The molecule has 0 bridgehead atoms. The molecule has 0 aromatic carbocycles. The van der Waals surface area contributed by atoms with Gasteiger partial charge in [0.15, 0.2) is 0 Å². The summed E-state index contributed by atoms with van der Waals surface area (Å²) in [7, 11) is 0. The van der Waals surface area contributed by atoms with Gasteiger partial charge in [-0.1, -0.05) is 6.07 Å². The van der Waals surface area contributed by atoms with Crippen LogP contribution in [-0.4, -0.2) is 27.0 Å². The molecule has 2 heterocycles. The van der Waals surface area contributed by atoms with Crippen LogP contribution in [0.3, 0.4) is 0 Å². The molecular formula is C13H17N5. The standard InChI is InChI=1S/C13H17N5/c1-13(2,14)9-18-12-16-7-10(8-17-12)11-5-3-4-6-15-11/h3-8H,9,14H2,1-2H3,(H,16,17,18). The predicted octanol–water partition coefficient (Wildman–Crippen LogP) is 1.69. The van der Waals surface area contributed by atoms with Gasteiger partial charge in [-0.05, 0) is 26.0 Å². The third-order valence-corrected chi connectivity index (χ3v) is 2.31. The fraction of sp³-hybridized carbons (Fsp3) is 0.308. The largest absolute Gasteiger partial charge is 0.352 e. The molecule has 94 valence electrons. The van der Waals surface area contributed by atoms with E-state index in [4.69, 9.17) is 5.73 Å². The van der Waals surface area contributed by atoms with Gasteiger partial charge in [0, 0.05) is 36.2 Å². The van der Waals surface area contributed by atoms with Crippen LogP contribution in [0.25, 0.3) is 11.3 Å². The van der Waals surface area contributed by atoms with Crippen molar-refractivity contribution in [2.75, 3.05) is 11.9 Å². The molecule has 0 spiro atoms. The Hall–Kier alpha value is -2.01. The molecule has 0 aliphatic carbocycles. The van der Waals surface area contributed by atoms with Crippen LogP contribution >= 0.6 is 0 Å². The Morgan fingerprint density at radius 2 is 1.89 bits per heavy atom. The van der Waals surface area contributed by atoms with Crippen molar-refractivity contribution in [1.82, 2.24) is 15.0 Å². The lowest BCUT2D eigenvalue weighted by Crippen LogP contribution is -2.39. The van der Waals surface area contributed by atoms with Gasteiger partial charge in [0.1, 0.15) is 0 Å². The van der Waals surface area contributed by atoms with Crippen LogP contribution in [0.1, 0.15) is 13.8 Å². The van der Waals surface area contributed by atoms with Crippen molar-refractivity contribution in [3.05, 3.63) is 36.8 Å². The minimum absolute atomic E-state index is 0.289. The Morgan fingerprint density at radius 3 is 2.44 bits per heavy atom.